The van der Waals surface area contributed by atoms with Gasteiger partial charge in [0.15, 0.2) is 0 Å². The first-order valence-electron chi connectivity index (χ1n) is 5.94. The van der Waals surface area contributed by atoms with E-state index in [1.165, 1.54) is 7.11 Å². The molecule has 2 N–H and O–H groups in total. The average molecular weight is 269 g/mol. The number of rotatable bonds is 2. The summed E-state index contributed by atoms with van der Waals surface area (Å²) in [4.78, 5) is 14.2. The number of ether oxygens (including phenoxy) is 1. The third-order valence-electron chi connectivity index (χ3n) is 3.47. The molecule has 1 aromatic carbocycles. The lowest BCUT2D eigenvalue weighted by atomic mass is 10.1. The highest BCUT2D eigenvalue weighted by molar-refractivity contribution is 6.30. The van der Waals surface area contributed by atoms with Crippen LogP contribution in [0.3, 0.4) is 0 Å². The number of methoxy groups -OCH3 is 1. The Hall–Kier alpha value is -1.26. The largest absolute Gasteiger partial charge is 0.496 e. The van der Waals surface area contributed by atoms with Crippen LogP contribution in [0.1, 0.15) is 23.7 Å². The molecule has 1 fully saturated rings. The van der Waals surface area contributed by atoms with E-state index in [0.717, 1.165) is 6.42 Å². The van der Waals surface area contributed by atoms with Crippen molar-refractivity contribution in [3.63, 3.8) is 0 Å². The SMILES string of the molecule is COc1cc(Cl)ccc1C(=O)N1CCC(N)C1C. The second-order valence-electron chi connectivity index (χ2n) is 4.54. The van der Waals surface area contributed by atoms with E-state index in [9.17, 15) is 4.79 Å². The summed E-state index contributed by atoms with van der Waals surface area (Å²) < 4.78 is 5.21. The first kappa shape index (κ1) is 13.2. The maximum absolute atomic E-state index is 12.4. The summed E-state index contributed by atoms with van der Waals surface area (Å²) in [7, 11) is 1.53. The minimum absolute atomic E-state index is 0.0484. The van der Waals surface area contributed by atoms with Crippen LogP contribution in [0.5, 0.6) is 5.75 Å². The van der Waals surface area contributed by atoms with Gasteiger partial charge in [0.2, 0.25) is 0 Å². The molecule has 2 atom stereocenters. The molecule has 1 heterocycles. The molecule has 0 radical (unpaired) electrons. The van der Waals surface area contributed by atoms with Crippen molar-refractivity contribution in [3.8, 4) is 5.75 Å². The van der Waals surface area contributed by atoms with E-state index in [1.807, 2.05) is 6.92 Å². The van der Waals surface area contributed by atoms with E-state index in [1.54, 1.807) is 23.1 Å². The number of halogens is 1. The van der Waals surface area contributed by atoms with Crippen molar-refractivity contribution in [2.24, 2.45) is 5.73 Å². The van der Waals surface area contributed by atoms with E-state index in [4.69, 9.17) is 22.1 Å². The fraction of sp³-hybridized carbons (Fsp3) is 0.462. The van der Waals surface area contributed by atoms with Crippen LogP contribution in [-0.2, 0) is 0 Å². The highest BCUT2D eigenvalue weighted by Crippen LogP contribution is 2.27. The van der Waals surface area contributed by atoms with Gasteiger partial charge >= 0.3 is 0 Å². The van der Waals surface area contributed by atoms with E-state index >= 15 is 0 Å². The summed E-state index contributed by atoms with van der Waals surface area (Å²) in [5.74, 6) is 0.448. The zero-order chi connectivity index (χ0) is 13.3. The molecule has 1 aliphatic heterocycles. The van der Waals surface area contributed by atoms with Gasteiger partial charge in [-0.25, -0.2) is 0 Å². The summed E-state index contributed by atoms with van der Waals surface area (Å²) in [6, 6.07) is 5.14. The predicted octanol–water partition coefficient (Wildman–Crippen LogP) is 1.91. The molecule has 1 saturated heterocycles. The molecule has 1 amide bonds. The predicted molar refractivity (Wildman–Crippen MR) is 71.1 cm³/mol. The van der Waals surface area contributed by atoms with Crippen molar-refractivity contribution < 1.29 is 9.53 Å². The first-order chi connectivity index (χ1) is 8.54. The van der Waals surface area contributed by atoms with E-state index < -0.39 is 0 Å². The third-order valence-corrected chi connectivity index (χ3v) is 3.70. The van der Waals surface area contributed by atoms with Crippen LogP contribution in [0.15, 0.2) is 18.2 Å². The molecule has 0 spiro atoms. The Morgan fingerprint density at radius 1 is 1.56 bits per heavy atom. The molecule has 98 valence electrons. The molecular formula is C13H17ClN2O2. The molecule has 0 aliphatic carbocycles. The lowest BCUT2D eigenvalue weighted by Crippen LogP contribution is -2.40. The number of likely N-dealkylation sites (tertiary alicyclic amines) is 1. The number of hydrogen-bond donors (Lipinski definition) is 1. The Morgan fingerprint density at radius 3 is 2.83 bits per heavy atom. The number of carbonyl (C=O) groups is 1. The number of benzene rings is 1. The molecule has 0 aromatic heterocycles. The number of hydrogen-bond acceptors (Lipinski definition) is 3. The van der Waals surface area contributed by atoms with Crippen molar-refractivity contribution in [1.29, 1.82) is 0 Å². The molecule has 5 heteroatoms. The average Bonchev–Trinajstić information content (AvgIpc) is 2.69. The minimum Gasteiger partial charge on any atom is -0.496 e. The highest BCUT2D eigenvalue weighted by atomic mass is 35.5. The van der Waals surface area contributed by atoms with Crippen LogP contribution < -0.4 is 10.5 Å². The van der Waals surface area contributed by atoms with Crippen molar-refractivity contribution >= 4 is 17.5 Å². The number of nitrogens with zero attached hydrogens (tertiary/aromatic N) is 1. The Morgan fingerprint density at radius 2 is 2.28 bits per heavy atom. The molecule has 0 saturated carbocycles. The Labute approximate surface area is 112 Å². The standard InChI is InChI=1S/C13H17ClN2O2/c1-8-11(15)5-6-16(8)13(17)10-4-3-9(14)7-12(10)18-2/h3-4,7-8,11H,5-6,15H2,1-2H3. The molecular weight excluding hydrogens is 252 g/mol. The fourth-order valence-electron chi connectivity index (χ4n) is 2.25. The first-order valence-corrected chi connectivity index (χ1v) is 6.32. The molecule has 2 unspecified atom stereocenters. The summed E-state index contributed by atoms with van der Waals surface area (Å²) in [5.41, 5.74) is 6.46. The molecule has 1 aromatic rings. The highest BCUT2D eigenvalue weighted by Gasteiger charge is 2.32. The van der Waals surface area contributed by atoms with E-state index in [-0.39, 0.29) is 18.0 Å². The maximum Gasteiger partial charge on any atom is 0.257 e. The topological polar surface area (TPSA) is 55.6 Å². The zero-order valence-electron chi connectivity index (χ0n) is 10.5. The number of carbonyl (C=O) groups excluding carboxylic acids is 1. The van der Waals surface area contributed by atoms with Crippen molar-refractivity contribution in [2.75, 3.05) is 13.7 Å². The number of nitrogens with two attached hydrogens (primary N) is 1. The second kappa shape index (κ2) is 5.16. The maximum atomic E-state index is 12.4. The van der Waals surface area contributed by atoms with Crippen molar-refractivity contribution in [1.82, 2.24) is 4.90 Å². The quantitative estimate of drug-likeness (QED) is 0.891. The van der Waals surface area contributed by atoms with Gasteiger partial charge in [0.05, 0.1) is 12.7 Å². The zero-order valence-corrected chi connectivity index (χ0v) is 11.3. The van der Waals surface area contributed by atoms with Gasteiger partial charge in [-0.3, -0.25) is 4.79 Å². The molecule has 18 heavy (non-hydrogen) atoms. The fourth-order valence-corrected chi connectivity index (χ4v) is 2.41. The normalized spacial score (nSPS) is 23.2. The van der Waals surface area contributed by atoms with Crippen molar-refractivity contribution in [2.45, 2.75) is 25.4 Å². The van der Waals surface area contributed by atoms with Crippen LogP contribution in [0.4, 0.5) is 0 Å². The molecule has 2 rings (SSSR count). The van der Waals surface area contributed by atoms with Gasteiger partial charge in [0.25, 0.3) is 5.91 Å². The van der Waals surface area contributed by atoms with Crippen molar-refractivity contribution in [3.05, 3.63) is 28.8 Å². The van der Waals surface area contributed by atoms with Crippen LogP contribution in [0.2, 0.25) is 5.02 Å². The summed E-state index contributed by atoms with van der Waals surface area (Å²) in [6.45, 7) is 2.66. The third kappa shape index (κ3) is 2.31. The van der Waals surface area contributed by atoms with Crippen LogP contribution >= 0.6 is 11.6 Å². The van der Waals surface area contributed by atoms with Gasteiger partial charge in [-0.15, -0.1) is 0 Å². The van der Waals surface area contributed by atoms with Crippen LogP contribution in [-0.4, -0.2) is 36.5 Å². The summed E-state index contributed by atoms with van der Waals surface area (Å²) in [6.07, 6.45) is 0.836. The minimum atomic E-state index is -0.0519. The van der Waals surface area contributed by atoms with Crippen LogP contribution in [0.25, 0.3) is 0 Å². The van der Waals surface area contributed by atoms with Gasteiger partial charge in [-0.2, -0.15) is 0 Å². The smallest absolute Gasteiger partial charge is 0.257 e. The Bertz CT molecular complexity index is 464. The van der Waals surface area contributed by atoms with Gasteiger partial charge in [-0.1, -0.05) is 11.6 Å². The molecule has 4 nitrogen and oxygen atoms in total. The van der Waals surface area contributed by atoms with Gasteiger partial charge < -0.3 is 15.4 Å². The molecule has 0 bridgehead atoms. The van der Waals surface area contributed by atoms with E-state index in [0.29, 0.717) is 22.9 Å². The van der Waals surface area contributed by atoms with Crippen LogP contribution in [0, 0.1) is 0 Å². The van der Waals surface area contributed by atoms with Gasteiger partial charge in [-0.05, 0) is 31.5 Å². The Kier molecular flexibility index (Phi) is 3.78. The molecule has 1 aliphatic rings. The van der Waals surface area contributed by atoms with E-state index in [2.05, 4.69) is 0 Å². The lowest BCUT2D eigenvalue weighted by Gasteiger charge is -2.24. The number of amides is 1. The van der Waals surface area contributed by atoms with Gasteiger partial charge in [0.1, 0.15) is 5.75 Å². The monoisotopic (exact) mass is 268 g/mol. The Balaban J connectivity index is 2.29. The summed E-state index contributed by atoms with van der Waals surface area (Å²) >= 11 is 5.89. The lowest BCUT2D eigenvalue weighted by molar-refractivity contribution is 0.0739. The van der Waals surface area contributed by atoms with Gasteiger partial charge in [0, 0.05) is 23.7 Å². The second-order valence-corrected chi connectivity index (χ2v) is 4.97. The summed E-state index contributed by atoms with van der Waals surface area (Å²) in [5, 5.41) is 0.551.